The Morgan fingerprint density at radius 1 is 0.769 bits per heavy atom. The van der Waals surface area contributed by atoms with Crippen LogP contribution in [-0.2, 0) is 33.3 Å². The van der Waals surface area contributed by atoms with E-state index in [0.29, 0.717) is 43.7 Å². The molecule has 1 amide bonds. The number of hydrogen-bond donors (Lipinski definition) is 7. The van der Waals surface area contributed by atoms with E-state index in [2.05, 4.69) is 46.5 Å². The SMILES string of the molecule is C=C(C)[C@@H]1CC[C@]2(C(=O)NCCCCCCCC(=O)OCC)CC[C@]3(C)[C@H](CC[C@@H]4[C@@]5(C)CC[C@H](O[C@@H]6OC[C@H](O)[C@H](O)[C@H]6O[C@@H]6O[C@@H](C)[C@H](O)[C@@H](O)[C@H]6O)[C@@](C)(CO)[C@@H]5CC[C@]43C)[C@@H]12. The third-order valence-corrected chi connectivity index (χ3v) is 19.6. The first-order valence-corrected chi connectivity index (χ1v) is 25.4. The van der Waals surface area contributed by atoms with Gasteiger partial charge in [0, 0.05) is 18.4 Å². The molecule has 20 atom stereocenters. The highest BCUT2D eigenvalue weighted by atomic mass is 16.8. The Morgan fingerprint density at radius 2 is 1.49 bits per heavy atom. The molecule has 0 aromatic carbocycles. The van der Waals surface area contributed by atoms with Crippen LogP contribution in [0.4, 0.5) is 0 Å². The second kappa shape index (κ2) is 19.9. The van der Waals surface area contributed by atoms with E-state index >= 15 is 0 Å². The van der Waals surface area contributed by atoms with Crippen LogP contribution in [0.25, 0.3) is 0 Å². The Labute approximate surface area is 387 Å². The summed E-state index contributed by atoms with van der Waals surface area (Å²) in [6.45, 7) is 20.5. The highest BCUT2D eigenvalue weighted by Crippen LogP contribution is 2.77. The summed E-state index contributed by atoms with van der Waals surface area (Å²) in [7, 11) is 0. The number of fused-ring (bicyclic) bond motifs is 7. The van der Waals surface area contributed by atoms with Gasteiger partial charge in [0.2, 0.25) is 5.91 Å². The number of carbonyl (C=O) groups is 2. The van der Waals surface area contributed by atoms with Crippen molar-refractivity contribution in [2.24, 2.45) is 56.7 Å². The van der Waals surface area contributed by atoms with Gasteiger partial charge < -0.3 is 59.6 Å². The van der Waals surface area contributed by atoms with Crippen LogP contribution in [0.15, 0.2) is 12.2 Å². The van der Waals surface area contributed by atoms with Gasteiger partial charge in [-0.2, -0.15) is 0 Å². The van der Waals surface area contributed by atoms with Crippen LogP contribution in [-0.4, -0.2) is 130 Å². The molecule has 7 aliphatic rings. The van der Waals surface area contributed by atoms with Crippen molar-refractivity contribution >= 4 is 11.9 Å². The van der Waals surface area contributed by atoms with Crippen molar-refractivity contribution in [1.82, 2.24) is 5.32 Å². The van der Waals surface area contributed by atoms with Gasteiger partial charge in [-0.1, -0.05) is 59.1 Å². The predicted octanol–water partition coefficient (Wildman–Crippen LogP) is 5.31. The number of hydrogen-bond acceptors (Lipinski definition) is 13. The van der Waals surface area contributed by atoms with Gasteiger partial charge in [0.05, 0.1) is 37.4 Å². The van der Waals surface area contributed by atoms with Gasteiger partial charge in [0.1, 0.15) is 36.6 Å². The third-order valence-electron chi connectivity index (χ3n) is 19.6. The van der Waals surface area contributed by atoms with E-state index in [9.17, 15) is 40.2 Å². The Balaban J connectivity index is 1.05. The van der Waals surface area contributed by atoms with E-state index in [1.165, 1.54) is 5.57 Å². The number of unbranched alkanes of at least 4 members (excludes halogenated alkanes) is 4. The Hall–Kier alpha value is -1.72. The first-order chi connectivity index (χ1) is 30.7. The van der Waals surface area contributed by atoms with E-state index in [1.807, 2.05) is 6.92 Å². The number of carbonyl (C=O) groups excluding carboxylic acids is 2. The average Bonchev–Trinajstić information content (AvgIpc) is 3.68. The molecule has 0 aromatic rings. The molecule has 7 N–H and O–H groups in total. The maximum absolute atomic E-state index is 14.6. The fourth-order valence-electron chi connectivity index (χ4n) is 15.8. The van der Waals surface area contributed by atoms with E-state index in [1.54, 1.807) is 6.92 Å². The summed E-state index contributed by atoms with van der Waals surface area (Å²) in [6.07, 6.45) is 2.04. The second-order valence-corrected chi connectivity index (χ2v) is 22.8. The minimum absolute atomic E-state index is 0.00509. The van der Waals surface area contributed by atoms with Crippen molar-refractivity contribution in [3.05, 3.63) is 12.2 Å². The van der Waals surface area contributed by atoms with Gasteiger partial charge in [0.15, 0.2) is 12.6 Å². The number of nitrogens with one attached hydrogen (secondary N) is 1. The minimum atomic E-state index is -1.62. The molecule has 14 nitrogen and oxygen atoms in total. The molecule has 2 saturated heterocycles. The molecule has 0 spiro atoms. The van der Waals surface area contributed by atoms with Crippen LogP contribution in [0.1, 0.15) is 151 Å². The topological polar surface area (TPSA) is 214 Å². The van der Waals surface area contributed by atoms with Gasteiger partial charge in [-0.25, -0.2) is 0 Å². The van der Waals surface area contributed by atoms with E-state index in [-0.39, 0.29) is 53.2 Å². The number of ether oxygens (including phenoxy) is 5. The molecule has 5 saturated carbocycles. The first kappa shape index (κ1) is 51.1. The molecule has 7 fully saturated rings. The highest BCUT2D eigenvalue weighted by Gasteiger charge is 2.72. The van der Waals surface area contributed by atoms with E-state index in [0.717, 1.165) is 89.9 Å². The van der Waals surface area contributed by atoms with E-state index < -0.39 is 72.2 Å². The molecule has 0 bridgehead atoms. The lowest BCUT2D eigenvalue weighted by molar-refractivity contribution is -0.366. The van der Waals surface area contributed by atoms with Crippen LogP contribution < -0.4 is 5.32 Å². The van der Waals surface area contributed by atoms with Gasteiger partial charge in [-0.15, -0.1) is 0 Å². The van der Waals surface area contributed by atoms with E-state index in [4.69, 9.17) is 23.7 Å². The molecule has 372 valence electrons. The largest absolute Gasteiger partial charge is 0.466 e. The van der Waals surface area contributed by atoms with Crippen molar-refractivity contribution in [3.8, 4) is 0 Å². The minimum Gasteiger partial charge on any atom is -0.466 e. The number of allylic oxidation sites excluding steroid dienone is 1. The summed E-state index contributed by atoms with van der Waals surface area (Å²) in [6, 6.07) is 0. The smallest absolute Gasteiger partial charge is 0.305 e. The lowest BCUT2D eigenvalue weighted by Crippen LogP contribution is -2.68. The first-order valence-electron chi connectivity index (χ1n) is 25.4. The number of aliphatic hydroxyl groups excluding tert-OH is 6. The molecule has 0 radical (unpaired) electrons. The fraction of sp³-hybridized carbons (Fsp3) is 0.922. The Morgan fingerprint density at radius 3 is 2.20 bits per heavy atom. The molecule has 14 heteroatoms. The maximum atomic E-state index is 14.6. The highest BCUT2D eigenvalue weighted by molar-refractivity contribution is 5.84. The van der Waals surface area contributed by atoms with Gasteiger partial charge in [0.25, 0.3) is 0 Å². The number of amides is 1. The fourth-order valence-corrected chi connectivity index (χ4v) is 15.8. The van der Waals surface area contributed by atoms with Gasteiger partial charge in [-0.05, 0) is 144 Å². The van der Waals surface area contributed by atoms with Gasteiger partial charge >= 0.3 is 5.97 Å². The van der Waals surface area contributed by atoms with Gasteiger partial charge in [-0.3, -0.25) is 9.59 Å². The zero-order chi connectivity index (χ0) is 47.3. The lowest BCUT2D eigenvalue weighted by atomic mass is 9.32. The molecule has 7 rings (SSSR count). The molecular formula is C51H85NO13. The number of aliphatic hydroxyl groups is 6. The third kappa shape index (κ3) is 8.92. The molecule has 0 aromatic heterocycles. The summed E-state index contributed by atoms with van der Waals surface area (Å²) in [5.74, 6) is 1.54. The normalized spacial score (nSPS) is 48.3. The standard InChI is InChI=1S/C51H85NO13/c1-9-61-37(55)15-13-11-10-12-14-26-52-46(60)51-23-18-31(29(2)3)38(51)32-16-17-35-47(5)21-20-36(48(6,28-53)34(47)19-22-50(35,8)49(32,7)24-25-51)64-45-43(40(57)33(54)27-62-45)65-44-42(59)41(58)39(56)30(4)63-44/h30-36,38-45,53-54,56-59H,2,9-28H2,1,3-8H3,(H,52,60)/t30-,31-,32+,33-,34+,35+,36-,38+,39-,40-,41+,42+,43+,44-,45-,47-,48-,49+,50+,51-/m0/s1. The summed E-state index contributed by atoms with van der Waals surface area (Å²) in [4.78, 5) is 26.3. The molecule has 2 aliphatic heterocycles. The summed E-state index contributed by atoms with van der Waals surface area (Å²) in [5.41, 5.74) is 0.0176. The Bertz CT molecular complexity index is 1680. The lowest BCUT2D eigenvalue weighted by Gasteiger charge is -2.73. The van der Waals surface area contributed by atoms with Crippen LogP contribution >= 0.6 is 0 Å². The van der Waals surface area contributed by atoms with Crippen molar-refractivity contribution in [1.29, 1.82) is 0 Å². The number of esters is 1. The molecular weight excluding hydrogens is 835 g/mol. The average molecular weight is 920 g/mol. The van der Waals surface area contributed by atoms with Crippen molar-refractivity contribution in [3.63, 3.8) is 0 Å². The Kier molecular flexibility index (Phi) is 15.7. The van der Waals surface area contributed by atoms with Crippen molar-refractivity contribution < 1.29 is 63.9 Å². The summed E-state index contributed by atoms with van der Waals surface area (Å²) >= 11 is 0. The molecule has 2 heterocycles. The molecule has 5 aliphatic carbocycles. The van der Waals surface area contributed by atoms with Crippen LogP contribution in [0, 0.1) is 56.7 Å². The van der Waals surface area contributed by atoms with Crippen LogP contribution in [0.3, 0.4) is 0 Å². The quantitative estimate of drug-likeness (QED) is 0.0453. The predicted molar refractivity (Wildman–Crippen MR) is 242 cm³/mol. The van der Waals surface area contributed by atoms with Crippen LogP contribution in [0.5, 0.6) is 0 Å². The number of rotatable bonds is 16. The zero-order valence-corrected chi connectivity index (χ0v) is 40.6. The van der Waals surface area contributed by atoms with Crippen LogP contribution in [0.2, 0.25) is 0 Å². The second-order valence-electron chi connectivity index (χ2n) is 22.8. The summed E-state index contributed by atoms with van der Waals surface area (Å²) in [5, 5.41) is 68.2. The zero-order valence-electron chi connectivity index (χ0n) is 40.6. The molecule has 0 unspecified atom stereocenters. The van der Waals surface area contributed by atoms with Crippen molar-refractivity contribution in [2.45, 2.75) is 213 Å². The monoisotopic (exact) mass is 920 g/mol. The summed E-state index contributed by atoms with van der Waals surface area (Å²) < 4.78 is 29.6. The maximum Gasteiger partial charge on any atom is 0.305 e. The molecule has 65 heavy (non-hydrogen) atoms. The van der Waals surface area contributed by atoms with Crippen molar-refractivity contribution in [2.75, 3.05) is 26.4 Å².